The number of allylic oxidation sites excluding steroid dienone is 7. The van der Waals surface area contributed by atoms with Gasteiger partial charge in [-0.3, -0.25) is 19.2 Å². The van der Waals surface area contributed by atoms with Crippen LogP contribution in [0.2, 0.25) is 0 Å². The van der Waals surface area contributed by atoms with Gasteiger partial charge in [0, 0.05) is 38.8 Å². The van der Waals surface area contributed by atoms with Gasteiger partial charge in [0.05, 0.1) is 18.6 Å². The van der Waals surface area contributed by atoms with E-state index in [1.54, 1.807) is 0 Å². The Kier molecular flexibility index (Phi) is 6.54. The minimum absolute atomic E-state index is 0.0108. The lowest BCUT2D eigenvalue weighted by molar-refractivity contribution is -0.122. The van der Waals surface area contributed by atoms with E-state index in [1.165, 1.54) is 0 Å². The van der Waals surface area contributed by atoms with E-state index in [1.807, 2.05) is 81.4 Å². The number of Topliss-reactive ketones (excluding diaryl/α,β-unsaturated/α-hetero) is 4. The van der Waals surface area contributed by atoms with E-state index in [0.29, 0.717) is 22.3 Å². The topological polar surface area (TPSA) is 90.6 Å². The molecule has 3 aliphatic carbocycles. The molecule has 1 saturated carbocycles. The fraction of sp³-hybridized carbons (Fsp3) is 0.438. The highest BCUT2D eigenvalue weighted by Crippen LogP contribution is 2.57. The normalized spacial score (nSPS) is 25.3. The number of hydrogen-bond donors (Lipinski definition) is 0. The molecular formula is C32H36O6. The second kappa shape index (κ2) is 9.04. The van der Waals surface area contributed by atoms with Gasteiger partial charge in [-0.05, 0) is 78.7 Å². The van der Waals surface area contributed by atoms with Crippen LogP contribution in [0.25, 0.3) is 5.57 Å². The molecular weight excluding hydrogens is 480 g/mol. The van der Waals surface area contributed by atoms with Gasteiger partial charge in [0.2, 0.25) is 0 Å². The average molecular weight is 517 g/mol. The lowest BCUT2D eigenvalue weighted by atomic mass is 9.61. The molecule has 0 radical (unpaired) electrons. The van der Waals surface area contributed by atoms with Crippen LogP contribution >= 0.6 is 0 Å². The Bertz CT molecular complexity index is 1490. The Morgan fingerprint density at radius 3 is 1.95 bits per heavy atom. The maximum atomic E-state index is 12.2. The minimum atomic E-state index is -0.555. The number of carbonyl (C=O) groups excluding carboxylic acids is 4. The summed E-state index contributed by atoms with van der Waals surface area (Å²) in [6.07, 6.45) is 2.00. The zero-order valence-corrected chi connectivity index (χ0v) is 24.0. The van der Waals surface area contributed by atoms with Gasteiger partial charge in [0.1, 0.15) is 17.1 Å². The maximum Gasteiger partial charge on any atom is 0.171 e. The van der Waals surface area contributed by atoms with Gasteiger partial charge in [-0.25, -0.2) is 0 Å². The van der Waals surface area contributed by atoms with Crippen LogP contribution in [0.15, 0.2) is 61.3 Å². The molecule has 0 aromatic carbocycles. The average Bonchev–Trinajstić information content (AvgIpc) is 3.49. The van der Waals surface area contributed by atoms with E-state index < -0.39 is 11.0 Å². The monoisotopic (exact) mass is 516 g/mol. The predicted molar refractivity (Wildman–Crippen MR) is 145 cm³/mol. The van der Waals surface area contributed by atoms with Crippen molar-refractivity contribution in [3.05, 3.63) is 74.0 Å². The summed E-state index contributed by atoms with van der Waals surface area (Å²) in [4.78, 5) is 48.4. The van der Waals surface area contributed by atoms with Crippen LogP contribution in [0.3, 0.4) is 0 Å². The largest absolute Gasteiger partial charge is 0.487 e. The van der Waals surface area contributed by atoms with Crippen LogP contribution in [0.4, 0.5) is 0 Å². The van der Waals surface area contributed by atoms with Crippen molar-refractivity contribution in [2.45, 2.75) is 87.7 Å². The number of carbonyl (C=O) groups is 4. The zero-order chi connectivity index (χ0) is 28.5. The molecule has 6 heteroatoms. The van der Waals surface area contributed by atoms with Crippen LogP contribution in [0.1, 0.15) is 85.3 Å². The molecule has 4 aliphatic rings. The maximum absolute atomic E-state index is 12.2. The number of ketones is 4. The summed E-state index contributed by atoms with van der Waals surface area (Å²) in [5.74, 6) is 2.18. The third-order valence-corrected chi connectivity index (χ3v) is 8.40. The molecule has 1 atom stereocenters. The second-order valence-corrected chi connectivity index (χ2v) is 11.6. The van der Waals surface area contributed by atoms with Gasteiger partial charge >= 0.3 is 0 Å². The number of furan rings is 1. The van der Waals surface area contributed by atoms with Gasteiger partial charge in [0.25, 0.3) is 0 Å². The molecule has 0 spiro atoms. The molecule has 6 nitrogen and oxygen atoms in total. The van der Waals surface area contributed by atoms with Crippen LogP contribution in [0, 0.1) is 19.3 Å². The summed E-state index contributed by atoms with van der Waals surface area (Å²) in [6, 6.07) is 1.91. The Morgan fingerprint density at radius 1 is 0.816 bits per heavy atom. The van der Waals surface area contributed by atoms with Crippen molar-refractivity contribution in [3.63, 3.8) is 0 Å². The first kappa shape index (κ1) is 27.5. The fourth-order valence-corrected chi connectivity index (χ4v) is 6.37. The van der Waals surface area contributed by atoms with Crippen LogP contribution < -0.4 is 0 Å². The summed E-state index contributed by atoms with van der Waals surface area (Å²) >= 11 is 0. The fourth-order valence-electron chi connectivity index (χ4n) is 6.37. The highest BCUT2D eigenvalue weighted by atomic mass is 16.5. The number of hydrogen-bond acceptors (Lipinski definition) is 6. The van der Waals surface area contributed by atoms with E-state index in [4.69, 9.17) is 9.15 Å². The first-order valence-corrected chi connectivity index (χ1v) is 13.0. The summed E-state index contributed by atoms with van der Waals surface area (Å²) in [6.45, 7) is 19.2. The smallest absolute Gasteiger partial charge is 0.171 e. The molecule has 1 aliphatic heterocycles. The molecule has 1 aromatic rings. The Morgan fingerprint density at radius 2 is 1.39 bits per heavy atom. The molecule has 0 N–H and O–H groups in total. The molecule has 0 amide bonds. The molecule has 0 saturated heterocycles. The minimum Gasteiger partial charge on any atom is -0.487 e. The number of rotatable bonds is 1. The van der Waals surface area contributed by atoms with Crippen molar-refractivity contribution < 1.29 is 28.3 Å². The predicted octanol–water partition coefficient (Wildman–Crippen LogP) is 6.42. The standard InChI is InChI=1S/2C16H18O3/c1-8-6-10-9(2)13-11(17)7-12(18)14(13)15(3,4)16(10,5)19-8;1-8(2)15-13(17)7-14(18)16(15)10(4)12-6-9(3)19-11(12)5/h2*6H,7H2,1-5H3/b;16-10-. The molecule has 2 heterocycles. The van der Waals surface area contributed by atoms with Gasteiger partial charge in [0.15, 0.2) is 23.1 Å². The van der Waals surface area contributed by atoms with Crippen LogP contribution in [-0.4, -0.2) is 28.7 Å². The van der Waals surface area contributed by atoms with E-state index >= 15 is 0 Å². The third-order valence-electron chi connectivity index (χ3n) is 8.40. The summed E-state index contributed by atoms with van der Waals surface area (Å²) in [5.41, 5.74) is 5.98. The lowest BCUT2D eigenvalue weighted by Gasteiger charge is -2.46. The second-order valence-electron chi connectivity index (χ2n) is 11.6. The van der Waals surface area contributed by atoms with Gasteiger partial charge in [-0.1, -0.05) is 19.4 Å². The Balaban J connectivity index is 0.000000177. The lowest BCUT2D eigenvalue weighted by Crippen LogP contribution is -2.48. The first-order chi connectivity index (χ1) is 17.5. The van der Waals surface area contributed by atoms with Gasteiger partial charge < -0.3 is 9.15 Å². The highest BCUT2D eigenvalue weighted by Gasteiger charge is 2.58. The Labute approximate surface area is 224 Å². The van der Waals surface area contributed by atoms with Crippen molar-refractivity contribution >= 4 is 28.7 Å². The summed E-state index contributed by atoms with van der Waals surface area (Å²) < 4.78 is 11.5. The van der Waals surface area contributed by atoms with Gasteiger partial charge in [-0.15, -0.1) is 0 Å². The van der Waals surface area contributed by atoms with E-state index in [-0.39, 0.29) is 36.0 Å². The molecule has 1 aromatic heterocycles. The van der Waals surface area contributed by atoms with Crippen molar-refractivity contribution in [2.24, 2.45) is 5.41 Å². The molecule has 1 fully saturated rings. The van der Waals surface area contributed by atoms with Crippen molar-refractivity contribution in [2.75, 3.05) is 0 Å². The van der Waals surface area contributed by atoms with Crippen molar-refractivity contribution in [3.8, 4) is 0 Å². The highest BCUT2D eigenvalue weighted by molar-refractivity contribution is 6.30. The van der Waals surface area contributed by atoms with Crippen LogP contribution in [-0.2, 0) is 23.9 Å². The quantitative estimate of drug-likeness (QED) is 0.316. The molecule has 38 heavy (non-hydrogen) atoms. The number of aryl methyl sites for hydroxylation is 2. The van der Waals surface area contributed by atoms with E-state index in [2.05, 4.69) is 0 Å². The number of fused-ring (bicyclic) bond motifs is 1. The van der Waals surface area contributed by atoms with Crippen molar-refractivity contribution in [1.29, 1.82) is 0 Å². The molecule has 0 bridgehead atoms. The summed E-state index contributed by atoms with van der Waals surface area (Å²) in [7, 11) is 0. The summed E-state index contributed by atoms with van der Waals surface area (Å²) in [5, 5.41) is 0. The van der Waals surface area contributed by atoms with Gasteiger partial charge in [-0.2, -0.15) is 0 Å². The van der Waals surface area contributed by atoms with E-state index in [9.17, 15) is 19.2 Å². The molecule has 200 valence electrons. The number of ether oxygens (including phenoxy) is 1. The van der Waals surface area contributed by atoms with Crippen molar-refractivity contribution in [1.82, 2.24) is 0 Å². The SMILES string of the molecule is CC(C)=C1C(=O)CC(=O)/C1=C(\C)c1cc(C)oc1C.CC1=CC2=C(C)C3=C(C(=O)CC3=O)C(C)(C)C2(C)O1. The molecule has 1 unspecified atom stereocenters. The Hall–Kier alpha value is -3.54. The zero-order valence-electron chi connectivity index (χ0n) is 24.0. The third kappa shape index (κ3) is 3.93. The van der Waals surface area contributed by atoms with Crippen LogP contribution in [0.5, 0.6) is 0 Å². The molecule has 5 rings (SSSR count). The van der Waals surface area contributed by atoms with E-state index in [0.717, 1.165) is 45.1 Å². The first-order valence-electron chi connectivity index (χ1n) is 13.0.